The van der Waals surface area contributed by atoms with Gasteiger partial charge < -0.3 is 0 Å². The summed E-state index contributed by atoms with van der Waals surface area (Å²) in [5.41, 5.74) is 0. The Morgan fingerprint density at radius 2 is 1.71 bits per heavy atom. The van der Waals surface area contributed by atoms with E-state index in [0.717, 1.165) is 0 Å². The fraction of sp³-hybridized carbons (Fsp3) is 0. The average molecular weight is 196 g/mol. The molecular weight excluding hydrogens is 194 g/mol. The molecule has 6 heteroatoms. The summed E-state index contributed by atoms with van der Waals surface area (Å²) in [6.07, 6.45) is 0. The van der Waals surface area contributed by atoms with Crippen LogP contribution in [0.5, 0.6) is 0 Å². The van der Waals surface area contributed by atoms with Crippen molar-refractivity contribution in [2.75, 3.05) is 0 Å². The second-order valence-corrected chi connectivity index (χ2v) is 1.67. The summed E-state index contributed by atoms with van der Waals surface area (Å²) in [5.74, 6) is 0. The Morgan fingerprint density at radius 1 is 1.71 bits per heavy atom. The van der Waals surface area contributed by atoms with Crippen molar-refractivity contribution >= 4 is 19.2 Å². The molecule has 0 fully saturated rings. The molecule has 0 amide bonds. The Bertz CT molecular complexity index is 58.7. The van der Waals surface area contributed by atoms with Crippen LogP contribution in [0.2, 0.25) is 0 Å². The van der Waals surface area contributed by atoms with Crippen LogP contribution < -0.4 is 0 Å². The van der Waals surface area contributed by atoms with Gasteiger partial charge in [-0.05, 0) is 0 Å². The van der Waals surface area contributed by atoms with E-state index in [-0.39, 0.29) is 0 Å². The van der Waals surface area contributed by atoms with Crippen LogP contribution in [0.4, 0.5) is 4.79 Å². The summed E-state index contributed by atoms with van der Waals surface area (Å²) < 4.78 is 14.9. The van der Waals surface area contributed by atoms with E-state index in [4.69, 9.17) is 17.9 Å². The van der Waals surface area contributed by atoms with E-state index in [9.17, 15) is 0 Å². The third kappa shape index (κ3) is 553. The van der Waals surface area contributed by atoms with Crippen LogP contribution >= 0.6 is 0 Å². The minimum atomic E-state index is -1.50. The first kappa shape index (κ1) is 10.5. The molecule has 7 heavy (non-hydrogen) atoms. The molecule has 0 rings (SSSR count). The molecule has 0 aliphatic carbocycles. The molecule has 4 nitrogen and oxygen atoms in total. The molecule has 0 spiro atoms. The van der Waals surface area contributed by atoms with Crippen LogP contribution in [0.15, 0.2) is 0 Å². The summed E-state index contributed by atoms with van der Waals surface area (Å²) >= 11 is -0.947. The van der Waals surface area contributed by atoms with Gasteiger partial charge in [0.1, 0.15) is 0 Å². The van der Waals surface area contributed by atoms with E-state index >= 15 is 0 Å². The zero-order chi connectivity index (χ0) is 6.28. The molecule has 0 bridgehead atoms. The Kier molecular flexibility index (Phi) is 14.5. The SMILES string of the molecule is O=[C](O)[Zr].[O]=[Al][OH]. The molecule has 0 atom stereocenters. The second-order valence-electron chi connectivity index (χ2n) is 0.411. The monoisotopic (exact) mass is 195 g/mol. The summed E-state index contributed by atoms with van der Waals surface area (Å²) in [6.45, 7) is 0. The normalized spacial score (nSPS) is 4.43. The zero-order valence-corrected chi connectivity index (χ0v) is 6.90. The van der Waals surface area contributed by atoms with E-state index in [1.807, 2.05) is 0 Å². The number of hydrogen-bond acceptors (Lipinski definition) is 2. The Hall–Kier alpha value is 0.486. The van der Waals surface area contributed by atoms with Gasteiger partial charge in [-0.15, -0.1) is 0 Å². The predicted molar refractivity (Wildman–Crippen MR) is 16.7 cm³/mol. The van der Waals surface area contributed by atoms with Crippen LogP contribution in [-0.4, -0.2) is 28.4 Å². The summed E-state index contributed by atoms with van der Waals surface area (Å²) in [7, 11) is 0. The van der Waals surface area contributed by atoms with Gasteiger partial charge in [0, 0.05) is 0 Å². The molecule has 0 radical (unpaired) electrons. The number of hydrogen-bond donors (Lipinski definition) is 2. The van der Waals surface area contributed by atoms with E-state index in [1.54, 1.807) is 0 Å². The van der Waals surface area contributed by atoms with Crippen LogP contribution in [0.25, 0.3) is 0 Å². The number of rotatable bonds is 0. The first-order valence-electron chi connectivity index (χ1n) is 1.17. The third-order valence-corrected chi connectivity index (χ3v) is 0. The molecule has 0 aromatic carbocycles. The van der Waals surface area contributed by atoms with Gasteiger partial charge in [-0.25, -0.2) is 0 Å². The predicted octanol–water partition coefficient (Wildman–Crippen LogP) is -0.845. The molecule has 0 aromatic rings. The summed E-state index contributed by atoms with van der Waals surface area (Å²) in [6, 6.07) is 0. The fourth-order valence-corrected chi connectivity index (χ4v) is 0. The molecule has 0 saturated carbocycles. The molecule has 0 aliphatic heterocycles. The average Bonchev–Trinajstić information content (AvgIpc) is 1.33. The molecule has 0 unspecified atom stereocenters. The van der Waals surface area contributed by atoms with Crippen molar-refractivity contribution in [2.24, 2.45) is 0 Å². The topological polar surface area (TPSA) is 74.6 Å². The van der Waals surface area contributed by atoms with Crippen molar-refractivity contribution in [3.8, 4) is 0 Å². The van der Waals surface area contributed by atoms with E-state index in [1.165, 1.54) is 0 Å². The van der Waals surface area contributed by atoms with Gasteiger partial charge in [0.05, 0.1) is 0 Å². The fourth-order valence-electron chi connectivity index (χ4n) is 0. The number of carbonyl (C=O) groups is 1. The Balaban J connectivity index is 0. The van der Waals surface area contributed by atoms with E-state index in [0.29, 0.717) is 24.7 Å². The quantitative estimate of drug-likeness (QED) is 0.495. The van der Waals surface area contributed by atoms with Crippen LogP contribution in [-0.2, 0) is 28.5 Å². The van der Waals surface area contributed by atoms with Gasteiger partial charge in [0.15, 0.2) is 0 Å². The van der Waals surface area contributed by atoms with Gasteiger partial charge in [-0.1, -0.05) is 0 Å². The molecule has 0 saturated heterocycles. The van der Waals surface area contributed by atoms with Crippen molar-refractivity contribution in [1.29, 1.82) is 0 Å². The molecule has 0 aliphatic rings. The van der Waals surface area contributed by atoms with Gasteiger partial charge >= 0.3 is 61.7 Å². The molecule has 0 heterocycles. The summed E-state index contributed by atoms with van der Waals surface area (Å²) in [4.78, 5) is 9.04. The molecule has 2 N–H and O–H groups in total. The van der Waals surface area contributed by atoms with Crippen molar-refractivity contribution in [1.82, 2.24) is 0 Å². The van der Waals surface area contributed by atoms with Gasteiger partial charge in [-0.3, -0.25) is 0 Å². The third-order valence-electron chi connectivity index (χ3n) is 0. The second kappa shape index (κ2) is 9.70. The van der Waals surface area contributed by atoms with E-state index in [2.05, 4.69) is 0 Å². The van der Waals surface area contributed by atoms with E-state index < -0.39 is 19.2 Å². The summed E-state index contributed by atoms with van der Waals surface area (Å²) in [5, 5.41) is 7.46. The van der Waals surface area contributed by atoms with Crippen molar-refractivity contribution in [3.05, 3.63) is 0 Å². The van der Waals surface area contributed by atoms with Crippen LogP contribution in [0, 0.1) is 0 Å². The first-order valence-corrected chi connectivity index (χ1v) is 3.39. The van der Waals surface area contributed by atoms with Crippen LogP contribution in [0.3, 0.4) is 0 Å². The first-order chi connectivity index (χ1) is 3.15. The Morgan fingerprint density at radius 3 is 1.71 bits per heavy atom. The molecule has 37 valence electrons. The molecule has 0 aromatic heterocycles. The van der Waals surface area contributed by atoms with Crippen LogP contribution in [0.1, 0.15) is 0 Å². The maximum absolute atomic E-state index is 9.04. The van der Waals surface area contributed by atoms with Crippen molar-refractivity contribution < 1.29 is 42.6 Å². The van der Waals surface area contributed by atoms with Crippen molar-refractivity contribution in [2.45, 2.75) is 0 Å². The van der Waals surface area contributed by atoms with Crippen molar-refractivity contribution in [3.63, 3.8) is 0 Å². The Labute approximate surface area is 61.6 Å². The van der Waals surface area contributed by atoms with Gasteiger partial charge in [0.25, 0.3) is 0 Å². The standard InChI is InChI=1S/CHO2.Al.H2O.O.Zr/c2-1-3;;;;/h(H,2,3);;1H2;;/q;+1;;;/p-1. The van der Waals surface area contributed by atoms with Gasteiger partial charge in [-0.2, -0.15) is 0 Å². The molecular formula is CH2AlO4Zr. The van der Waals surface area contributed by atoms with Gasteiger partial charge in [0.2, 0.25) is 0 Å². The number of carboxylic acid groups (broad SMARTS) is 1. The minimum absolute atomic E-state index is 0.553. The zero-order valence-electron chi connectivity index (χ0n) is 3.29. The maximum atomic E-state index is 9.04.